The number of hydrogen-bond donors (Lipinski definition) is 2. The Morgan fingerprint density at radius 1 is 1.39 bits per heavy atom. The fraction of sp³-hybridized carbons (Fsp3) is 0.286. The van der Waals surface area contributed by atoms with Gasteiger partial charge in [0, 0.05) is 5.69 Å². The summed E-state index contributed by atoms with van der Waals surface area (Å²) in [6.45, 7) is 6.14. The van der Waals surface area contributed by atoms with Gasteiger partial charge < -0.3 is 5.32 Å². The molecule has 0 amide bonds. The summed E-state index contributed by atoms with van der Waals surface area (Å²) in [6.07, 6.45) is 0. The van der Waals surface area contributed by atoms with E-state index in [1.165, 1.54) is 5.56 Å². The van der Waals surface area contributed by atoms with Crippen LogP contribution in [-0.2, 0) is 0 Å². The van der Waals surface area contributed by atoms with E-state index in [-0.39, 0.29) is 0 Å². The lowest BCUT2D eigenvalue weighted by Crippen LogP contribution is -1.95. The average molecular weight is 240 g/mol. The van der Waals surface area contributed by atoms with Gasteiger partial charge in [0.05, 0.1) is 5.69 Å². The Kier molecular flexibility index (Phi) is 3.33. The minimum absolute atomic E-state index is 0.475. The number of aryl methyl sites for hydroxylation is 1. The van der Waals surface area contributed by atoms with Gasteiger partial charge >= 0.3 is 0 Å². The minimum atomic E-state index is 0.475. The van der Waals surface area contributed by atoms with Crippen LogP contribution in [0.5, 0.6) is 0 Å². The molecule has 18 heavy (non-hydrogen) atoms. The first-order valence-corrected chi connectivity index (χ1v) is 5.94. The topological polar surface area (TPSA) is 64.5 Å². The van der Waals surface area contributed by atoms with Crippen LogP contribution in [0, 0.1) is 18.3 Å². The first kappa shape index (κ1) is 12.2. The number of benzene rings is 1. The van der Waals surface area contributed by atoms with Crippen molar-refractivity contribution in [2.45, 2.75) is 26.7 Å². The number of hydrogen-bond acceptors (Lipinski definition) is 3. The second-order valence-corrected chi connectivity index (χ2v) is 4.59. The van der Waals surface area contributed by atoms with Crippen molar-refractivity contribution in [2.75, 3.05) is 5.32 Å². The zero-order valence-corrected chi connectivity index (χ0v) is 10.8. The summed E-state index contributed by atoms with van der Waals surface area (Å²) >= 11 is 0. The second kappa shape index (κ2) is 4.92. The molecule has 0 aliphatic carbocycles. The van der Waals surface area contributed by atoms with Crippen LogP contribution in [0.4, 0.5) is 11.5 Å². The zero-order chi connectivity index (χ0) is 13.1. The van der Waals surface area contributed by atoms with Gasteiger partial charge in [0.25, 0.3) is 0 Å². The fourth-order valence-electron chi connectivity index (χ4n) is 1.77. The summed E-state index contributed by atoms with van der Waals surface area (Å²) in [5.74, 6) is 1.05. The Hall–Kier alpha value is -2.28. The van der Waals surface area contributed by atoms with E-state index >= 15 is 0 Å². The molecule has 4 nitrogen and oxygen atoms in total. The van der Waals surface area contributed by atoms with Crippen LogP contribution < -0.4 is 5.32 Å². The number of anilines is 2. The normalized spacial score (nSPS) is 10.4. The van der Waals surface area contributed by atoms with E-state index in [1.54, 1.807) is 0 Å². The molecule has 0 saturated carbocycles. The van der Waals surface area contributed by atoms with E-state index in [1.807, 2.05) is 19.1 Å². The SMILES string of the molecule is Cc1[nH]nc(Nc2cccc(C(C)C)c2)c1C#N. The molecule has 2 rings (SSSR count). The van der Waals surface area contributed by atoms with Gasteiger partial charge in [0.2, 0.25) is 0 Å². The van der Waals surface area contributed by atoms with Crippen LogP contribution in [0.25, 0.3) is 0 Å². The van der Waals surface area contributed by atoms with E-state index in [9.17, 15) is 0 Å². The Bertz CT molecular complexity index is 590. The largest absolute Gasteiger partial charge is 0.338 e. The van der Waals surface area contributed by atoms with Crippen molar-refractivity contribution in [1.29, 1.82) is 5.26 Å². The van der Waals surface area contributed by atoms with Crippen LogP contribution in [0.2, 0.25) is 0 Å². The fourth-order valence-corrected chi connectivity index (χ4v) is 1.77. The molecule has 1 heterocycles. The molecule has 2 aromatic rings. The highest BCUT2D eigenvalue weighted by molar-refractivity contribution is 5.64. The number of nitrogens with zero attached hydrogens (tertiary/aromatic N) is 2. The zero-order valence-electron chi connectivity index (χ0n) is 10.8. The number of nitrogens with one attached hydrogen (secondary N) is 2. The van der Waals surface area contributed by atoms with Gasteiger partial charge in [-0.1, -0.05) is 26.0 Å². The molecule has 1 aromatic heterocycles. The lowest BCUT2D eigenvalue weighted by molar-refractivity contribution is 0.867. The van der Waals surface area contributed by atoms with Gasteiger partial charge in [-0.05, 0) is 30.5 Å². The maximum atomic E-state index is 9.06. The molecular formula is C14H16N4. The molecule has 0 spiro atoms. The highest BCUT2D eigenvalue weighted by Crippen LogP contribution is 2.23. The summed E-state index contributed by atoms with van der Waals surface area (Å²) in [4.78, 5) is 0. The van der Waals surface area contributed by atoms with E-state index in [0.717, 1.165) is 11.4 Å². The quantitative estimate of drug-likeness (QED) is 0.863. The number of nitriles is 1. The molecule has 0 fully saturated rings. The van der Waals surface area contributed by atoms with Crippen molar-refractivity contribution in [3.05, 3.63) is 41.1 Å². The predicted octanol–water partition coefficient (Wildman–Crippen LogP) is 3.46. The molecule has 0 aliphatic heterocycles. The molecule has 0 bridgehead atoms. The van der Waals surface area contributed by atoms with Crippen LogP contribution in [0.1, 0.15) is 36.6 Å². The number of H-pyrrole nitrogens is 1. The monoisotopic (exact) mass is 240 g/mol. The maximum absolute atomic E-state index is 9.06. The Morgan fingerprint density at radius 3 is 2.83 bits per heavy atom. The van der Waals surface area contributed by atoms with Crippen molar-refractivity contribution in [3.63, 3.8) is 0 Å². The van der Waals surface area contributed by atoms with Gasteiger partial charge in [0.1, 0.15) is 11.6 Å². The van der Waals surface area contributed by atoms with E-state index in [0.29, 0.717) is 17.3 Å². The molecule has 0 atom stereocenters. The maximum Gasteiger partial charge on any atom is 0.170 e. The van der Waals surface area contributed by atoms with Crippen LogP contribution >= 0.6 is 0 Å². The molecule has 0 aliphatic rings. The molecule has 0 unspecified atom stereocenters. The third-order valence-corrected chi connectivity index (χ3v) is 2.88. The molecule has 92 valence electrons. The molecule has 2 N–H and O–H groups in total. The second-order valence-electron chi connectivity index (χ2n) is 4.59. The van der Waals surface area contributed by atoms with Gasteiger partial charge in [-0.3, -0.25) is 5.10 Å². The van der Waals surface area contributed by atoms with Crippen LogP contribution in [-0.4, -0.2) is 10.2 Å². The van der Waals surface area contributed by atoms with Crippen molar-refractivity contribution in [3.8, 4) is 6.07 Å². The average Bonchev–Trinajstić information content (AvgIpc) is 2.70. The minimum Gasteiger partial charge on any atom is -0.338 e. The Morgan fingerprint density at radius 2 is 2.17 bits per heavy atom. The summed E-state index contributed by atoms with van der Waals surface area (Å²) in [5, 5.41) is 19.1. The summed E-state index contributed by atoms with van der Waals surface area (Å²) in [6, 6.07) is 10.3. The van der Waals surface area contributed by atoms with Crippen LogP contribution in [0.15, 0.2) is 24.3 Å². The number of rotatable bonds is 3. The Labute approximate surface area is 107 Å². The molecule has 4 heteroatoms. The molecular weight excluding hydrogens is 224 g/mol. The van der Waals surface area contributed by atoms with Gasteiger partial charge in [-0.15, -0.1) is 0 Å². The van der Waals surface area contributed by atoms with Gasteiger partial charge in [-0.25, -0.2) is 0 Å². The van der Waals surface area contributed by atoms with Crippen molar-refractivity contribution in [2.24, 2.45) is 0 Å². The standard InChI is InChI=1S/C14H16N4/c1-9(2)11-5-4-6-12(7-11)16-14-13(8-15)10(3)17-18-14/h4-7,9H,1-3H3,(H2,16,17,18). The highest BCUT2D eigenvalue weighted by atomic mass is 15.2. The summed E-state index contributed by atoms with van der Waals surface area (Å²) in [7, 11) is 0. The van der Waals surface area contributed by atoms with Crippen molar-refractivity contribution in [1.82, 2.24) is 10.2 Å². The highest BCUT2D eigenvalue weighted by Gasteiger charge is 2.10. The lowest BCUT2D eigenvalue weighted by atomic mass is 10.0. The van der Waals surface area contributed by atoms with Crippen molar-refractivity contribution >= 4 is 11.5 Å². The smallest absolute Gasteiger partial charge is 0.170 e. The first-order chi connectivity index (χ1) is 8.61. The number of aromatic amines is 1. The summed E-state index contributed by atoms with van der Waals surface area (Å²) < 4.78 is 0. The number of aromatic nitrogens is 2. The molecule has 0 radical (unpaired) electrons. The third kappa shape index (κ3) is 2.35. The molecule has 0 saturated heterocycles. The van der Waals surface area contributed by atoms with Crippen molar-refractivity contribution < 1.29 is 0 Å². The van der Waals surface area contributed by atoms with E-state index < -0.39 is 0 Å². The summed E-state index contributed by atoms with van der Waals surface area (Å²) in [5.41, 5.74) is 3.54. The predicted molar refractivity (Wildman–Crippen MR) is 71.9 cm³/mol. The van der Waals surface area contributed by atoms with Gasteiger partial charge in [0.15, 0.2) is 5.82 Å². The van der Waals surface area contributed by atoms with E-state index in [2.05, 4.69) is 47.6 Å². The third-order valence-electron chi connectivity index (χ3n) is 2.88. The van der Waals surface area contributed by atoms with E-state index in [4.69, 9.17) is 5.26 Å². The Balaban J connectivity index is 2.29. The molecule has 1 aromatic carbocycles. The first-order valence-electron chi connectivity index (χ1n) is 5.94. The lowest BCUT2D eigenvalue weighted by Gasteiger charge is -2.08. The van der Waals surface area contributed by atoms with Crippen LogP contribution in [0.3, 0.4) is 0 Å². The van der Waals surface area contributed by atoms with Gasteiger partial charge in [-0.2, -0.15) is 10.4 Å².